The van der Waals surface area contributed by atoms with E-state index in [0.29, 0.717) is 16.9 Å². The predicted molar refractivity (Wildman–Crippen MR) is 90.0 cm³/mol. The van der Waals surface area contributed by atoms with Gasteiger partial charge >= 0.3 is 12.1 Å². The van der Waals surface area contributed by atoms with Gasteiger partial charge in [-0.15, -0.1) is 0 Å². The lowest BCUT2D eigenvalue weighted by Gasteiger charge is -2.09. The van der Waals surface area contributed by atoms with Crippen LogP contribution in [0.25, 0.3) is 16.9 Å². The fourth-order valence-electron chi connectivity index (χ4n) is 2.70. The number of nitrogens with zero attached hydrogens (tertiary/aromatic N) is 2. The molecule has 0 radical (unpaired) electrons. The molecule has 0 aliphatic heterocycles. The summed E-state index contributed by atoms with van der Waals surface area (Å²) in [5.74, 6) is -1.10. The summed E-state index contributed by atoms with van der Waals surface area (Å²) in [4.78, 5) is 12.2. The number of hydrogen-bond acceptors (Lipinski definition) is 3. The quantitative estimate of drug-likeness (QED) is 0.486. The van der Waals surface area contributed by atoms with Crippen molar-refractivity contribution in [2.24, 2.45) is 0 Å². The van der Waals surface area contributed by atoms with Crippen molar-refractivity contribution in [3.63, 3.8) is 0 Å². The van der Waals surface area contributed by atoms with Crippen molar-refractivity contribution in [1.82, 2.24) is 9.78 Å². The second-order valence-corrected chi connectivity index (χ2v) is 5.76. The van der Waals surface area contributed by atoms with E-state index in [1.165, 1.54) is 48.2 Å². The number of rotatable bonds is 3. The average molecular weight is 378 g/mol. The van der Waals surface area contributed by atoms with Gasteiger partial charge in [0.2, 0.25) is 0 Å². The SMILES string of the molecule is COC(=O)c1c(-c2ccc(F)cc2)nn(-c2ccc(C(F)(F)F)cc2)c1C. The summed E-state index contributed by atoms with van der Waals surface area (Å²) in [5, 5.41) is 4.35. The molecule has 0 unspecified atom stereocenters. The molecule has 0 atom stereocenters. The fourth-order valence-corrected chi connectivity index (χ4v) is 2.70. The van der Waals surface area contributed by atoms with Crippen LogP contribution in [0.3, 0.4) is 0 Å². The number of methoxy groups -OCH3 is 1. The summed E-state index contributed by atoms with van der Waals surface area (Å²) in [7, 11) is 1.21. The van der Waals surface area contributed by atoms with Crippen molar-refractivity contribution in [1.29, 1.82) is 0 Å². The maximum atomic E-state index is 13.2. The molecule has 0 spiro atoms. The van der Waals surface area contributed by atoms with Crippen LogP contribution in [0.4, 0.5) is 17.6 Å². The van der Waals surface area contributed by atoms with Crippen LogP contribution < -0.4 is 0 Å². The lowest BCUT2D eigenvalue weighted by Crippen LogP contribution is -2.07. The van der Waals surface area contributed by atoms with E-state index in [1.54, 1.807) is 6.92 Å². The molecule has 2 aromatic carbocycles. The van der Waals surface area contributed by atoms with Gasteiger partial charge in [0.05, 0.1) is 24.1 Å². The average Bonchev–Trinajstić information content (AvgIpc) is 2.98. The van der Waals surface area contributed by atoms with E-state index < -0.39 is 23.5 Å². The monoisotopic (exact) mass is 378 g/mol. The second-order valence-electron chi connectivity index (χ2n) is 5.76. The summed E-state index contributed by atoms with van der Waals surface area (Å²) < 4.78 is 57.6. The molecule has 0 N–H and O–H groups in total. The molecule has 0 saturated carbocycles. The normalized spacial score (nSPS) is 11.5. The van der Waals surface area contributed by atoms with Crippen LogP contribution in [-0.2, 0) is 10.9 Å². The number of aromatic nitrogens is 2. The highest BCUT2D eigenvalue weighted by atomic mass is 19.4. The largest absolute Gasteiger partial charge is 0.465 e. The van der Waals surface area contributed by atoms with E-state index in [9.17, 15) is 22.4 Å². The van der Waals surface area contributed by atoms with Crippen LogP contribution in [0, 0.1) is 12.7 Å². The molecule has 8 heteroatoms. The third-order valence-electron chi connectivity index (χ3n) is 4.06. The Morgan fingerprint density at radius 2 is 1.63 bits per heavy atom. The van der Waals surface area contributed by atoms with Crippen LogP contribution in [0.2, 0.25) is 0 Å². The highest BCUT2D eigenvalue weighted by molar-refractivity contribution is 5.97. The zero-order valence-corrected chi connectivity index (χ0v) is 14.3. The minimum absolute atomic E-state index is 0.156. The zero-order chi connectivity index (χ0) is 19.8. The van der Waals surface area contributed by atoms with Gasteiger partial charge in [-0.1, -0.05) is 0 Å². The smallest absolute Gasteiger partial charge is 0.416 e. The van der Waals surface area contributed by atoms with Crippen LogP contribution in [0.15, 0.2) is 48.5 Å². The molecular weight excluding hydrogens is 364 g/mol. The Balaban J connectivity index is 2.14. The summed E-state index contributed by atoms with van der Waals surface area (Å²) >= 11 is 0. The third kappa shape index (κ3) is 3.55. The van der Waals surface area contributed by atoms with Crippen molar-refractivity contribution in [3.05, 3.63) is 71.2 Å². The van der Waals surface area contributed by atoms with Crippen molar-refractivity contribution < 1.29 is 27.1 Å². The Labute approximate surface area is 152 Å². The first-order valence-corrected chi connectivity index (χ1v) is 7.84. The number of esters is 1. The molecule has 1 heterocycles. The molecule has 0 fully saturated rings. The number of carbonyl (C=O) groups excluding carboxylic acids is 1. The van der Waals surface area contributed by atoms with Crippen LogP contribution in [0.1, 0.15) is 21.6 Å². The predicted octanol–water partition coefficient (Wildman–Crippen LogP) is 4.79. The van der Waals surface area contributed by atoms with E-state index in [0.717, 1.165) is 12.1 Å². The van der Waals surface area contributed by atoms with E-state index in [4.69, 9.17) is 4.74 Å². The maximum absolute atomic E-state index is 13.2. The second kappa shape index (κ2) is 6.86. The topological polar surface area (TPSA) is 44.1 Å². The first-order valence-electron chi connectivity index (χ1n) is 7.84. The van der Waals surface area contributed by atoms with Gasteiger partial charge in [-0.3, -0.25) is 0 Å². The van der Waals surface area contributed by atoms with Gasteiger partial charge in [-0.05, 0) is 55.5 Å². The van der Waals surface area contributed by atoms with Gasteiger partial charge in [0.1, 0.15) is 17.1 Å². The summed E-state index contributed by atoms with van der Waals surface area (Å²) in [6.07, 6.45) is -4.45. The molecule has 27 heavy (non-hydrogen) atoms. The van der Waals surface area contributed by atoms with Crippen molar-refractivity contribution >= 4 is 5.97 Å². The molecule has 1 aromatic heterocycles. The molecule has 3 rings (SSSR count). The van der Waals surface area contributed by atoms with Gasteiger partial charge in [-0.2, -0.15) is 18.3 Å². The number of alkyl halides is 3. The van der Waals surface area contributed by atoms with Crippen LogP contribution in [0.5, 0.6) is 0 Å². The Morgan fingerprint density at radius 3 is 2.15 bits per heavy atom. The number of halogens is 4. The Morgan fingerprint density at radius 1 is 1.04 bits per heavy atom. The third-order valence-corrected chi connectivity index (χ3v) is 4.06. The first-order chi connectivity index (χ1) is 12.7. The number of benzene rings is 2. The van der Waals surface area contributed by atoms with E-state index >= 15 is 0 Å². The molecule has 0 bridgehead atoms. The van der Waals surface area contributed by atoms with Crippen LogP contribution >= 0.6 is 0 Å². The fraction of sp³-hybridized carbons (Fsp3) is 0.158. The van der Waals surface area contributed by atoms with Crippen molar-refractivity contribution in [2.75, 3.05) is 7.11 Å². The molecule has 0 amide bonds. The van der Waals surface area contributed by atoms with Crippen LogP contribution in [-0.4, -0.2) is 22.9 Å². The molecule has 140 valence electrons. The van der Waals surface area contributed by atoms with E-state index in [1.807, 2.05) is 0 Å². The van der Waals surface area contributed by atoms with Gasteiger partial charge in [-0.25, -0.2) is 13.9 Å². The van der Waals surface area contributed by atoms with Gasteiger partial charge in [0.25, 0.3) is 0 Å². The molecule has 0 saturated heterocycles. The minimum Gasteiger partial charge on any atom is -0.465 e. The van der Waals surface area contributed by atoms with Gasteiger partial charge in [0, 0.05) is 5.56 Å². The maximum Gasteiger partial charge on any atom is 0.416 e. The van der Waals surface area contributed by atoms with Gasteiger partial charge in [0.15, 0.2) is 0 Å². The van der Waals surface area contributed by atoms with E-state index in [-0.39, 0.29) is 11.3 Å². The molecule has 0 aliphatic carbocycles. The number of hydrogen-bond donors (Lipinski definition) is 0. The molecule has 0 aliphatic rings. The highest BCUT2D eigenvalue weighted by Gasteiger charge is 2.30. The van der Waals surface area contributed by atoms with Crippen molar-refractivity contribution in [2.45, 2.75) is 13.1 Å². The summed E-state index contributed by atoms with van der Waals surface area (Å²) in [5.41, 5.74) is 0.830. The lowest BCUT2D eigenvalue weighted by molar-refractivity contribution is -0.137. The lowest BCUT2D eigenvalue weighted by atomic mass is 10.1. The summed E-state index contributed by atoms with van der Waals surface area (Å²) in [6.45, 7) is 1.60. The Bertz CT molecular complexity index is 975. The molecular formula is C19H14F4N2O2. The van der Waals surface area contributed by atoms with Crippen molar-refractivity contribution in [3.8, 4) is 16.9 Å². The summed E-state index contributed by atoms with van der Waals surface area (Å²) in [6, 6.07) is 9.77. The Kier molecular flexibility index (Phi) is 4.73. The first kappa shape index (κ1) is 18.6. The highest BCUT2D eigenvalue weighted by Crippen LogP contribution is 2.31. The van der Waals surface area contributed by atoms with Gasteiger partial charge < -0.3 is 4.74 Å². The molecule has 3 aromatic rings. The minimum atomic E-state index is -4.45. The number of carbonyl (C=O) groups is 1. The van der Waals surface area contributed by atoms with E-state index in [2.05, 4.69) is 5.10 Å². The standard InChI is InChI=1S/C19H14F4N2O2/c1-11-16(18(26)27-2)17(12-3-7-14(20)8-4-12)24-25(11)15-9-5-13(6-10-15)19(21,22)23/h3-10H,1-2H3. The zero-order valence-electron chi connectivity index (χ0n) is 14.3. The molecule has 4 nitrogen and oxygen atoms in total. The Hall–Kier alpha value is -3.16. The number of ether oxygens (including phenoxy) is 1.